The molecular formula is C14H13FN2O3. The van der Waals surface area contributed by atoms with Gasteiger partial charge in [0, 0.05) is 5.69 Å². The first-order valence-corrected chi connectivity index (χ1v) is 5.93. The van der Waals surface area contributed by atoms with Gasteiger partial charge in [-0.1, -0.05) is 12.1 Å². The Bertz CT molecular complexity index is 664. The van der Waals surface area contributed by atoms with Crippen LogP contribution in [0.3, 0.4) is 0 Å². The summed E-state index contributed by atoms with van der Waals surface area (Å²) in [6.45, 7) is 1.69. The average Bonchev–Trinajstić information content (AvgIpc) is 2.70. The predicted molar refractivity (Wildman–Crippen MR) is 71.2 cm³/mol. The Hall–Kier alpha value is -2.63. The van der Waals surface area contributed by atoms with Crippen molar-refractivity contribution in [2.24, 2.45) is 0 Å². The minimum Gasteiger partial charge on any atom is -0.477 e. The number of aromatic nitrogens is 1. The minimum absolute atomic E-state index is 0.0267. The summed E-state index contributed by atoms with van der Waals surface area (Å²) in [6.07, 6.45) is -0.0267. The number of amides is 1. The van der Waals surface area contributed by atoms with E-state index in [1.54, 1.807) is 13.0 Å². The van der Waals surface area contributed by atoms with Crippen LogP contribution in [0.5, 0.6) is 0 Å². The van der Waals surface area contributed by atoms with E-state index in [0.29, 0.717) is 11.3 Å². The number of carbonyl (C=O) groups is 2. The van der Waals surface area contributed by atoms with E-state index in [1.165, 1.54) is 24.3 Å². The summed E-state index contributed by atoms with van der Waals surface area (Å²) in [4.78, 5) is 25.5. The summed E-state index contributed by atoms with van der Waals surface area (Å²) in [5, 5.41) is 11.5. The highest BCUT2D eigenvalue weighted by atomic mass is 19.1. The zero-order chi connectivity index (χ0) is 14.7. The normalized spacial score (nSPS) is 10.3. The second-order valence-electron chi connectivity index (χ2n) is 4.40. The molecule has 0 aliphatic heterocycles. The number of carboxylic acids is 1. The molecule has 1 aromatic carbocycles. The van der Waals surface area contributed by atoms with Gasteiger partial charge in [0.25, 0.3) is 0 Å². The molecule has 3 N–H and O–H groups in total. The third kappa shape index (κ3) is 3.23. The Morgan fingerprint density at radius 2 is 2.10 bits per heavy atom. The molecule has 5 nitrogen and oxygen atoms in total. The van der Waals surface area contributed by atoms with Crippen LogP contribution in [0.4, 0.5) is 10.1 Å². The van der Waals surface area contributed by atoms with E-state index in [-0.39, 0.29) is 17.8 Å². The van der Waals surface area contributed by atoms with E-state index in [1.807, 2.05) is 0 Å². The van der Waals surface area contributed by atoms with Crippen molar-refractivity contribution in [2.75, 3.05) is 5.32 Å². The van der Waals surface area contributed by atoms with Gasteiger partial charge in [-0.25, -0.2) is 9.18 Å². The summed E-state index contributed by atoms with van der Waals surface area (Å²) in [7, 11) is 0. The lowest BCUT2D eigenvalue weighted by atomic mass is 10.1. The molecule has 0 bridgehead atoms. The van der Waals surface area contributed by atoms with E-state index in [0.717, 1.165) is 0 Å². The third-order valence-corrected chi connectivity index (χ3v) is 2.69. The van der Waals surface area contributed by atoms with Gasteiger partial charge in [-0.15, -0.1) is 0 Å². The van der Waals surface area contributed by atoms with Gasteiger partial charge in [0.15, 0.2) is 0 Å². The number of hydrogen-bond donors (Lipinski definition) is 3. The molecule has 0 fully saturated rings. The molecule has 0 spiro atoms. The second kappa shape index (κ2) is 5.56. The molecule has 1 aromatic heterocycles. The molecule has 0 aliphatic carbocycles. The Morgan fingerprint density at radius 1 is 1.35 bits per heavy atom. The molecular weight excluding hydrogens is 263 g/mol. The van der Waals surface area contributed by atoms with Crippen molar-refractivity contribution >= 4 is 17.6 Å². The lowest BCUT2D eigenvalue weighted by Gasteiger charge is -2.04. The Kier molecular flexibility index (Phi) is 3.84. The quantitative estimate of drug-likeness (QED) is 0.801. The summed E-state index contributed by atoms with van der Waals surface area (Å²) < 4.78 is 13.0. The van der Waals surface area contributed by atoms with E-state index in [9.17, 15) is 14.0 Å². The SMILES string of the molecule is Cc1cc(NC(=O)Cc2cccc(F)c2)c(C(=O)O)[nH]1. The molecule has 1 amide bonds. The summed E-state index contributed by atoms with van der Waals surface area (Å²) >= 11 is 0. The van der Waals surface area contributed by atoms with Crippen molar-refractivity contribution in [3.63, 3.8) is 0 Å². The molecule has 0 saturated carbocycles. The van der Waals surface area contributed by atoms with Crippen molar-refractivity contribution in [2.45, 2.75) is 13.3 Å². The first-order chi connectivity index (χ1) is 9.45. The molecule has 2 aromatic rings. The summed E-state index contributed by atoms with van der Waals surface area (Å²) in [5.74, 6) is -1.98. The number of H-pyrrole nitrogens is 1. The number of carbonyl (C=O) groups excluding carboxylic acids is 1. The first-order valence-electron chi connectivity index (χ1n) is 5.93. The fourth-order valence-electron chi connectivity index (χ4n) is 1.88. The third-order valence-electron chi connectivity index (χ3n) is 2.69. The predicted octanol–water partition coefficient (Wildman–Crippen LogP) is 2.34. The number of anilines is 1. The molecule has 20 heavy (non-hydrogen) atoms. The summed E-state index contributed by atoms with van der Waals surface area (Å²) in [6, 6.07) is 7.23. The van der Waals surface area contributed by atoms with Gasteiger partial charge in [0.2, 0.25) is 5.91 Å². The molecule has 0 radical (unpaired) electrons. The number of aromatic amines is 1. The van der Waals surface area contributed by atoms with Crippen LogP contribution in [0.25, 0.3) is 0 Å². The maximum atomic E-state index is 13.0. The molecule has 1 heterocycles. The number of rotatable bonds is 4. The maximum absolute atomic E-state index is 13.0. The fourth-order valence-corrected chi connectivity index (χ4v) is 1.88. The Labute approximate surface area is 114 Å². The van der Waals surface area contributed by atoms with E-state index < -0.39 is 17.7 Å². The van der Waals surface area contributed by atoms with Crippen LogP contribution in [0.1, 0.15) is 21.7 Å². The van der Waals surface area contributed by atoms with Gasteiger partial charge >= 0.3 is 5.97 Å². The zero-order valence-corrected chi connectivity index (χ0v) is 10.7. The van der Waals surface area contributed by atoms with E-state index >= 15 is 0 Å². The monoisotopic (exact) mass is 276 g/mol. The van der Waals surface area contributed by atoms with Crippen molar-refractivity contribution in [3.8, 4) is 0 Å². The fraction of sp³-hybridized carbons (Fsp3) is 0.143. The van der Waals surface area contributed by atoms with Crippen molar-refractivity contribution in [1.82, 2.24) is 4.98 Å². The minimum atomic E-state index is -1.15. The topological polar surface area (TPSA) is 82.2 Å². The van der Waals surface area contributed by atoms with Crippen molar-refractivity contribution in [1.29, 1.82) is 0 Å². The number of carboxylic acid groups (broad SMARTS) is 1. The molecule has 0 unspecified atom stereocenters. The zero-order valence-electron chi connectivity index (χ0n) is 10.7. The molecule has 0 atom stereocenters. The number of aromatic carboxylic acids is 1. The Balaban J connectivity index is 2.10. The molecule has 104 valence electrons. The van der Waals surface area contributed by atoms with Gasteiger partial charge in [-0.05, 0) is 30.7 Å². The van der Waals surface area contributed by atoms with Crippen LogP contribution in [0, 0.1) is 12.7 Å². The molecule has 6 heteroatoms. The summed E-state index contributed by atoms with van der Waals surface area (Å²) in [5.41, 5.74) is 1.28. The van der Waals surface area contributed by atoms with Crippen molar-refractivity contribution < 1.29 is 19.1 Å². The maximum Gasteiger partial charge on any atom is 0.354 e. The van der Waals surface area contributed by atoms with Crippen LogP contribution in [-0.4, -0.2) is 22.0 Å². The molecule has 2 rings (SSSR count). The first kappa shape index (κ1) is 13.8. The Morgan fingerprint density at radius 3 is 2.75 bits per heavy atom. The highest BCUT2D eigenvalue weighted by molar-refractivity contribution is 6.00. The van der Waals surface area contributed by atoms with Crippen LogP contribution < -0.4 is 5.32 Å². The number of hydrogen-bond acceptors (Lipinski definition) is 2. The van der Waals surface area contributed by atoms with Gasteiger partial charge < -0.3 is 15.4 Å². The highest BCUT2D eigenvalue weighted by Gasteiger charge is 2.15. The van der Waals surface area contributed by atoms with Crippen LogP contribution in [0.15, 0.2) is 30.3 Å². The highest BCUT2D eigenvalue weighted by Crippen LogP contribution is 2.17. The van der Waals surface area contributed by atoms with Crippen LogP contribution >= 0.6 is 0 Å². The standard InChI is InChI=1S/C14H13FN2O3/c1-8-5-11(13(16-8)14(19)20)17-12(18)7-9-3-2-4-10(15)6-9/h2-6,16H,7H2,1H3,(H,17,18)(H,19,20). The average molecular weight is 276 g/mol. The van der Waals surface area contributed by atoms with Crippen molar-refractivity contribution in [3.05, 3.63) is 53.1 Å². The van der Waals surface area contributed by atoms with Gasteiger partial charge in [0.05, 0.1) is 12.1 Å². The lowest BCUT2D eigenvalue weighted by molar-refractivity contribution is -0.115. The smallest absolute Gasteiger partial charge is 0.354 e. The van der Waals surface area contributed by atoms with Gasteiger partial charge in [-0.3, -0.25) is 4.79 Å². The largest absolute Gasteiger partial charge is 0.477 e. The number of nitrogens with one attached hydrogen (secondary N) is 2. The number of aryl methyl sites for hydroxylation is 1. The number of benzene rings is 1. The van der Waals surface area contributed by atoms with E-state index in [4.69, 9.17) is 5.11 Å². The lowest BCUT2D eigenvalue weighted by Crippen LogP contribution is -2.16. The molecule has 0 saturated heterocycles. The molecule has 0 aliphatic rings. The van der Waals surface area contributed by atoms with Gasteiger partial charge in [0.1, 0.15) is 11.5 Å². The van der Waals surface area contributed by atoms with Crippen LogP contribution in [-0.2, 0) is 11.2 Å². The van der Waals surface area contributed by atoms with Crippen LogP contribution in [0.2, 0.25) is 0 Å². The van der Waals surface area contributed by atoms with Gasteiger partial charge in [-0.2, -0.15) is 0 Å². The second-order valence-corrected chi connectivity index (χ2v) is 4.40. The van der Waals surface area contributed by atoms with E-state index in [2.05, 4.69) is 10.3 Å². The number of halogens is 1.